The minimum absolute atomic E-state index is 0.694. The molecule has 1 fully saturated rings. The molecule has 3 nitrogen and oxygen atoms in total. The molecule has 0 aliphatic carbocycles. The van der Waals surface area contributed by atoms with E-state index in [0.29, 0.717) is 18.1 Å². The van der Waals surface area contributed by atoms with Crippen molar-refractivity contribution < 1.29 is 0 Å². The third kappa shape index (κ3) is 4.22. The molecule has 4 unspecified atom stereocenters. The van der Waals surface area contributed by atoms with Gasteiger partial charge < -0.3 is 10.2 Å². The van der Waals surface area contributed by atoms with Crippen molar-refractivity contribution >= 4 is 0 Å². The maximum absolute atomic E-state index is 3.64. The zero-order chi connectivity index (χ0) is 13.7. The summed E-state index contributed by atoms with van der Waals surface area (Å²) in [6.45, 7) is 12.9. The first-order valence-corrected chi connectivity index (χ1v) is 7.61. The fourth-order valence-electron chi connectivity index (χ4n) is 3.18. The van der Waals surface area contributed by atoms with Gasteiger partial charge in [0.25, 0.3) is 0 Å². The van der Waals surface area contributed by atoms with E-state index in [1.54, 1.807) is 0 Å². The van der Waals surface area contributed by atoms with Crippen molar-refractivity contribution in [3.8, 4) is 0 Å². The van der Waals surface area contributed by atoms with Crippen LogP contribution in [0.3, 0.4) is 0 Å². The molecule has 3 heteroatoms. The lowest BCUT2D eigenvalue weighted by Crippen LogP contribution is -2.56. The number of rotatable bonds is 6. The van der Waals surface area contributed by atoms with Crippen molar-refractivity contribution in [1.82, 2.24) is 15.1 Å². The number of hydrogen-bond donors (Lipinski definition) is 1. The predicted octanol–water partition coefficient (Wildman–Crippen LogP) is 2.04. The number of nitrogens with zero attached hydrogens (tertiary/aromatic N) is 2. The molecule has 1 aliphatic rings. The molecule has 0 aromatic carbocycles. The number of piperidine rings is 1. The highest BCUT2D eigenvalue weighted by Gasteiger charge is 2.33. The van der Waals surface area contributed by atoms with Crippen LogP contribution in [0.15, 0.2) is 0 Å². The molecule has 0 spiro atoms. The van der Waals surface area contributed by atoms with Gasteiger partial charge in [-0.1, -0.05) is 13.8 Å². The lowest BCUT2D eigenvalue weighted by molar-refractivity contribution is 0.0478. The van der Waals surface area contributed by atoms with Gasteiger partial charge in [-0.25, -0.2) is 0 Å². The van der Waals surface area contributed by atoms with E-state index in [1.165, 1.54) is 25.9 Å². The van der Waals surface area contributed by atoms with Gasteiger partial charge in [0.15, 0.2) is 0 Å². The van der Waals surface area contributed by atoms with E-state index in [1.807, 2.05) is 0 Å². The van der Waals surface area contributed by atoms with Crippen LogP contribution < -0.4 is 5.32 Å². The van der Waals surface area contributed by atoms with Gasteiger partial charge in [-0.15, -0.1) is 0 Å². The summed E-state index contributed by atoms with van der Waals surface area (Å²) in [5, 5.41) is 3.64. The normalized spacial score (nSPS) is 31.8. The Labute approximate surface area is 114 Å². The van der Waals surface area contributed by atoms with Gasteiger partial charge >= 0.3 is 0 Å². The van der Waals surface area contributed by atoms with Crippen LogP contribution in [0.2, 0.25) is 0 Å². The smallest absolute Gasteiger partial charge is 0.0120 e. The molecule has 0 bridgehead atoms. The summed E-state index contributed by atoms with van der Waals surface area (Å²) in [6.07, 6.45) is 2.57. The monoisotopic (exact) mass is 255 g/mol. The van der Waals surface area contributed by atoms with Crippen LogP contribution in [0.25, 0.3) is 0 Å². The van der Waals surface area contributed by atoms with Crippen molar-refractivity contribution in [3.05, 3.63) is 0 Å². The molecule has 1 aliphatic heterocycles. The maximum Gasteiger partial charge on any atom is 0.0120 e. The minimum Gasteiger partial charge on any atom is -0.314 e. The van der Waals surface area contributed by atoms with Gasteiger partial charge in [0.1, 0.15) is 0 Å². The van der Waals surface area contributed by atoms with Gasteiger partial charge in [-0.3, -0.25) is 4.90 Å². The van der Waals surface area contributed by atoms with Crippen LogP contribution in [0, 0.1) is 5.92 Å². The number of hydrogen-bond acceptors (Lipinski definition) is 3. The van der Waals surface area contributed by atoms with Gasteiger partial charge in [-0.05, 0) is 59.8 Å². The van der Waals surface area contributed by atoms with Crippen LogP contribution in [0.1, 0.15) is 40.5 Å². The largest absolute Gasteiger partial charge is 0.314 e. The quantitative estimate of drug-likeness (QED) is 0.783. The highest BCUT2D eigenvalue weighted by Crippen LogP contribution is 2.26. The molecule has 1 rings (SSSR count). The Hall–Kier alpha value is -0.120. The molecule has 1 saturated heterocycles. The number of likely N-dealkylation sites (tertiary alicyclic amines) is 1. The molecule has 1 heterocycles. The molecular weight excluding hydrogens is 222 g/mol. The van der Waals surface area contributed by atoms with E-state index >= 15 is 0 Å². The Morgan fingerprint density at radius 3 is 2.56 bits per heavy atom. The zero-order valence-corrected chi connectivity index (χ0v) is 13.2. The Morgan fingerprint density at radius 1 is 1.33 bits per heavy atom. The third-order valence-corrected chi connectivity index (χ3v) is 4.64. The Balaban J connectivity index is 2.48. The molecule has 18 heavy (non-hydrogen) atoms. The Bertz CT molecular complexity index is 230. The second-order valence-corrected chi connectivity index (χ2v) is 6.23. The summed E-state index contributed by atoms with van der Waals surface area (Å²) < 4.78 is 0. The van der Waals surface area contributed by atoms with Crippen molar-refractivity contribution in [3.63, 3.8) is 0 Å². The minimum atomic E-state index is 0.694. The zero-order valence-electron chi connectivity index (χ0n) is 13.2. The van der Waals surface area contributed by atoms with Gasteiger partial charge in [0.05, 0.1) is 0 Å². The highest BCUT2D eigenvalue weighted by molar-refractivity contribution is 4.90. The Kier molecular flexibility index (Phi) is 6.61. The third-order valence-electron chi connectivity index (χ3n) is 4.64. The molecule has 0 aromatic heterocycles. The second-order valence-electron chi connectivity index (χ2n) is 6.23. The standard InChI is InChI=1S/C15H33N3/c1-7-16-15-9-11-18(14(4)13(15)3)12(2)8-10-17(5)6/h12-16H,7-11H2,1-6H3. The van der Waals surface area contributed by atoms with Gasteiger partial charge in [0.2, 0.25) is 0 Å². The van der Waals surface area contributed by atoms with Gasteiger partial charge in [0, 0.05) is 24.7 Å². The van der Waals surface area contributed by atoms with Crippen LogP contribution in [0.5, 0.6) is 0 Å². The lowest BCUT2D eigenvalue weighted by atomic mass is 9.86. The van der Waals surface area contributed by atoms with E-state index in [4.69, 9.17) is 0 Å². The first-order chi connectivity index (χ1) is 8.47. The number of nitrogens with one attached hydrogen (secondary N) is 1. The van der Waals surface area contributed by atoms with Crippen molar-refractivity contribution in [2.75, 3.05) is 33.7 Å². The average Bonchev–Trinajstić information content (AvgIpc) is 2.32. The first kappa shape index (κ1) is 15.9. The summed E-state index contributed by atoms with van der Waals surface area (Å²) in [6, 6.07) is 2.11. The molecule has 0 amide bonds. The summed E-state index contributed by atoms with van der Waals surface area (Å²) in [4.78, 5) is 5.00. The van der Waals surface area contributed by atoms with Crippen LogP contribution in [0.4, 0.5) is 0 Å². The van der Waals surface area contributed by atoms with E-state index in [-0.39, 0.29) is 0 Å². The van der Waals surface area contributed by atoms with Crippen LogP contribution in [-0.2, 0) is 0 Å². The SMILES string of the molecule is CCNC1CCN(C(C)CCN(C)C)C(C)C1C. The molecule has 0 radical (unpaired) electrons. The summed E-state index contributed by atoms with van der Waals surface area (Å²) in [7, 11) is 4.33. The topological polar surface area (TPSA) is 18.5 Å². The van der Waals surface area contributed by atoms with Crippen molar-refractivity contribution in [2.45, 2.75) is 58.7 Å². The lowest BCUT2D eigenvalue weighted by Gasteiger charge is -2.46. The van der Waals surface area contributed by atoms with Crippen LogP contribution in [-0.4, -0.2) is 61.7 Å². The molecule has 108 valence electrons. The second kappa shape index (κ2) is 7.46. The van der Waals surface area contributed by atoms with E-state index in [0.717, 1.165) is 12.5 Å². The van der Waals surface area contributed by atoms with E-state index in [9.17, 15) is 0 Å². The Morgan fingerprint density at radius 2 is 2.00 bits per heavy atom. The van der Waals surface area contributed by atoms with Gasteiger partial charge in [-0.2, -0.15) is 0 Å². The fourth-order valence-corrected chi connectivity index (χ4v) is 3.18. The van der Waals surface area contributed by atoms with Crippen LogP contribution >= 0.6 is 0 Å². The summed E-state index contributed by atoms with van der Waals surface area (Å²) in [5.74, 6) is 0.750. The van der Waals surface area contributed by atoms with Crippen molar-refractivity contribution in [2.24, 2.45) is 5.92 Å². The first-order valence-electron chi connectivity index (χ1n) is 7.61. The van der Waals surface area contributed by atoms with Crippen molar-refractivity contribution in [1.29, 1.82) is 0 Å². The van der Waals surface area contributed by atoms with E-state index in [2.05, 4.69) is 56.9 Å². The molecule has 0 aromatic rings. The molecule has 0 saturated carbocycles. The fraction of sp³-hybridized carbons (Fsp3) is 1.00. The summed E-state index contributed by atoms with van der Waals surface area (Å²) in [5.41, 5.74) is 0. The highest BCUT2D eigenvalue weighted by atomic mass is 15.2. The van der Waals surface area contributed by atoms with E-state index < -0.39 is 0 Å². The molecular formula is C15H33N3. The average molecular weight is 255 g/mol. The molecule has 4 atom stereocenters. The maximum atomic E-state index is 3.64. The molecule has 1 N–H and O–H groups in total. The predicted molar refractivity (Wildman–Crippen MR) is 80.0 cm³/mol. The summed E-state index contributed by atoms with van der Waals surface area (Å²) >= 11 is 0.